The number of ether oxygens (including phenoxy) is 1. The molecule has 0 radical (unpaired) electrons. The molecular formula is C37H61N10O19P3S2. The molecule has 10 atom stereocenters. The molecule has 3 fully saturated rings. The van der Waals surface area contributed by atoms with E-state index in [1.807, 2.05) is 11.8 Å². The quantitative estimate of drug-likeness (QED) is 0.0280. The van der Waals surface area contributed by atoms with E-state index in [1.54, 1.807) is 0 Å². The summed E-state index contributed by atoms with van der Waals surface area (Å²) in [4.78, 5) is 112. The van der Waals surface area contributed by atoms with Gasteiger partial charge in [-0.25, -0.2) is 33.4 Å². The van der Waals surface area contributed by atoms with E-state index in [4.69, 9.17) is 19.5 Å². The topological polar surface area (TPSA) is 434 Å². The highest BCUT2D eigenvalue weighted by molar-refractivity contribution is 8.13. The summed E-state index contributed by atoms with van der Waals surface area (Å²) < 4.78 is 62.4. The summed E-state index contributed by atoms with van der Waals surface area (Å²) >= 11 is 2.92. The molecule has 2 aromatic heterocycles. The molecule has 3 saturated heterocycles. The Bertz CT molecular complexity index is 2330. The Morgan fingerprint density at radius 3 is 2.39 bits per heavy atom. The average Bonchev–Trinajstić information content (AvgIpc) is 4.06. The molecule has 0 aromatic carbocycles. The summed E-state index contributed by atoms with van der Waals surface area (Å²) in [6, 6.07) is 0.235. The lowest BCUT2D eigenvalue weighted by atomic mass is 9.87. The van der Waals surface area contributed by atoms with Gasteiger partial charge in [-0.05, 0) is 25.7 Å². The predicted molar refractivity (Wildman–Crippen MR) is 253 cm³/mol. The number of aliphatic hydroxyl groups excluding tert-OH is 2. The fourth-order valence-electron chi connectivity index (χ4n) is 7.53. The number of nitrogens with one attached hydrogen (secondary N) is 5. The third-order valence-corrected chi connectivity index (χ3v) is 16.8. The largest absolute Gasteiger partial charge is 0.481 e. The zero-order valence-electron chi connectivity index (χ0n) is 38.6. The van der Waals surface area contributed by atoms with Gasteiger partial charge in [0, 0.05) is 61.1 Å². The first-order valence-corrected chi connectivity index (χ1v) is 28.9. The highest BCUT2D eigenvalue weighted by Crippen LogP contribution is 2.61. The molecule has 0 bridgehead atoms. The van der Waals surface area contributed by atoms with Crippen LogP contribution in [0.4, 0.5) is 10.6 Å². The molecule has 71 heavy (non-hydrogen) atoms. The number of anilines is 1. The number of aliphatic hydroxyl groups is 2. The number of carbonyl (C=O) groups is 5. The zero-order valence-corrected chi connectivity index (χ0v) is 42.9. The van der Waals surface area contributed by atoms with E-state index in [9.17, 15) is 67.5 Å². The van der Waals surface area contributed by atoms with Crippen molar-refractivity contribution in [1.29, 1.82) is 0 Å². The fraction of sp³-hybridized carbons (Fsp3) is 0.730. The number of hydrogen-bond acceptors (Lipinski definition) is 21. The summed E-state index contributed by atoms with van der Waals surface area (Å²) in [5, 5.41) is 35.7. The number of rotatable bonds is 30. The van der Waals surface area contributed by atoms with Gasteiger partial charge in [0.15, 0.2) is 22.8 Å². The zero-order chi connectivity index (χ0) is 52.1. The number of phosphoric ester groups is 3. The van der Waals surface area contributed by atoms with E-state index in [0.717, 1.165) is 66.8 Å². The standard InChI is InChI=1S/C37H61N10O19P3S2/c1-37(2,18-63-69(60,61)66-68(58,59)62-16-22-30(65-67(55,56)57)29(51)35(64-22)47-20-44-28-32(38)42-19-43-33(28)47)31(52)34(53)41-13-11-25(49)40-14-15-70-26(50)10-4-3-7-12-39-24(48)9-6-5-8-23-27-21(17-71-23)45-36(54)46-27/h19-23,27,29-31,35,51-52H,3-18H2,1-2H3,(H,39,48)(H,40,49)(H,41,53)(H,58,59)(H,60,61)(H2,38,42,43)(H2,45,46,54)(H2,55,56,57)/t21-,22+,23-,27-,29+,30+,31-,35+/m0/s1. The molecule has 0 aliphatic carbocycles. The third kappa shape index (κ3) is 18.2. The maximum Gasteiger partial charge on any atom is 0.481 e. The van der Waals surface area contributed by atoms with Crippen LogP contribution in [0.3, 0.4) is 0 Å². The molecule has 0 spiro atoms. The lowest BCUT2D eigenvalue weighted by molar-refractivity contribution is -0.137. The summed E-state index contributed by atoms with van der Waals surface area (Å²) in [5.41, 5.74) is 4.24. The van der Waals surface area contributed by atoms with Gasteiger partial charge < -0.3 is 66.8 Å². The minimum Gasteiger partial charge on any atom is -0.386 e. The van der Waals surface area contributed by atoms with Crippen LogP contribution in [-0.4, -0.2) is 164 Å². The Hall–Kier alpha value is -3.35. The van der Waals surface area contributed by atoms with Crippen LogP contribution in [0.2, 0.25) is 0 Å². The summed E-state index contributed by atoms with van der Waals surface area (Å²) in [7, 11) is -16.5. The van der Waals surface area contributed by atoms with Crippen LogP contribution in [-0.2, 0) is 55.5 Å². The number of fused-ring (bicyclic) bond motifs is 2. The second kappa shape index (κ2) is 26.2. The first-order chi connectivity index (χ1) is 33.3. The van der Waals surface area contributed by atoms with E-state index in [0.29, 0.717) is 36.8 Å². The fourth-order valence-corrected chi connectivity index (χ4v) is 12.6. The maximum absolute atomic E-state index is 12.7. The smallest absolute Gasteiger partial charge is 0.386 e. The van der Waals surface area contributed by atoms with Crippen molar-refractivity contribution in [2.75, 3.05) is 50.1 Å². The molecule has 2 unspecified atom stereocenters. The number of nitrogen functional groups attached to an aromatic ring is 1. The number of urea groups is 1. The molecule has 29 nitrogen and oxygen atoms in total. The van der Waals surface area contributed by atoms with Crippen LogP contribution < -0.4 is 32.3 Å². The molecular weight excluding hydrogens is 1050 g/mol. The van der Waals surface area contributed by atoms with Crippen LogP contribution in [0.5, 0.6) is 0 Å². The average molecular weight is 1110 g/mol. The molecule has 5 rings (SSSR count). The first kappa shape index (κ1) is 58.5. The number of carbonyl (C=O) groups excluding carboxylic acids is 5. The van der Waals surface area contributed by atoms with Gasteiger partial charge in [0.2, 0.25) is 17.7 Å². The Labute approximate surface area is 415 Å². The number of unbranched alkanes of at least 4 members (excludes halogenated alkanes) is 3. The molecule has 5 amide bonds. The van der Waals surface area contributed by atoms with Gasteiger partial charge in [0.05, 0.1) is 31.6 Å². The Morgan fingerprint density at radius 1 is 0.944 bits per heavy atom. The number of nitrogens with two attached hydrogens (primary N) is 1. The first-order valence-electron chi connectivity index (χ1n) is 22.3. The number of thioether (sulfide) groups is 2. The highest BCUT2D eigenvalue weighted by atomic mass is 32.2. The van der Waals surface area contributed by atoms with Crippen LogP contribution >= 0.6 is 47.0 Å². The monoisotopic (exact) mass is 1110 g/mol. The second-order valence-corrected chi connectivity index (χ2v) is 24.0. The van der Waals surface area contributed by atoms with Crippen molar-refractivity contribution in [1.82, 2.24) is 46.1 Å². The molecule has 34 heteroatoms. The number of phosphoric acid groups is 3. The van der Waals surface area contributed by atoms with E-state index < -0.39 is 84.6 Å². The molecule has 5 heterocycles. The van der Waals surface area contributed by atoms with Crippen molar-refractivity contribution in [2.24, 2.45) is 5.41 Å². The molecule has 13 N–H and O–H groups in total. The van der Waals surface area contributed by atoms with Crippen LogP contribution in [0, 0.1) is 5.41 Å². The van der Waals surface area contributed by atoms with Crippen molar-refractivity contribution < 1.29 is 90.1 Å². The van der Waals surface area contributed by atoms with Gasteiger partial charge in [0.25, 0.3) is 0 Å². The minimum atomic E-state index is -5.59. The number of aromatic nitrogens is 4. The van der Waals surface area contributed by atoms with E-state index in [-0.39, 0.29) is 65.6 Å². The number of amides is 5. The summed E-state index contributed by atoms with van der Waals surface area (Å²) in [6.07, 6.45) is -1.47. The lowest BCUT2D eigenvalue weighted by Gasteiger charge is -2.30. The van der Waals surface area contributed by atoms with E-state index in [1.165, 1.54) is 13.8 Å². The number of nitrogens with zero attached hydrogens (tertiary/aromatic N) is 4. The van der Waals surface area contributed by atoms with E-state index >= 15 is 0 Å². The second-order valence-electron chi connectivity index (χ2n) is 17.3. The summed E-state index contributed by atoms with van der Waals surface area (Å²) in [5.74, 6) is -0.287. The van der Waals surface area contributed by atoms with Crippen LogP contribution in [0.15, 0.2) is 12.7 Å². The number of imidazole rings is 1. The molecule has 3 aliphatic rings. The van der Waals surface area contributed by atoms with Gasteiger partial charge in [-0.15, -0.1) is 0 Å². The Morgan fingerprint density at radius 2 is 1.65 bits per heavy atom. The van der Waals surface area contributed by atoms with Gasteiger partial charge >= 0.3 is 29.5 Å². The van der Waals surface area contributed by atoms with Crippen molar-refractivity contribution in [2.45, 2.75) is 120 Å². The molecule has 400 valence electrons. The third-order valence-electron chi connectivity index (χ3n) is 11.2. The van der Waals surface area contributed by atoms with Gasteiger partial charge in [-0.3, -0.25) is 37.3 Å². The predicted octanol–water partition coefficient (Wildman–Crippen LogP) is 0.0671. The normalized spacial score (nSPS) is 24.3. The minimum absolute atomic E-state index is 0.00616. The molecule has 2 aromatic rings. The molecule has 3 aliphatic heterocycles. The Kier molecular flexibility index (Phi) is 21.6. The number of hydrogen-bond donors (Lipinski definition) is 12. The van der Waals surface area contributed by atoms with Crippen molar-refractivity contribution in [3.05, 3.63) is 12.7 Å². The highest BCUT2D eigenvalue weighted by Gasteiger charge is 2.50. The van der Waals surface area contributed by atoms with E-state index in [2.05, 4.69) is 50.4 Å². The SMILES string of the molecule is CC(C)(COP(=O)(O)OP(=O)(O)OC[C@H]1O[C@@H](n2cnc3c(N)ncnc32)[C@H](O)[C@@H]1OP(=O)(O)O)[C@@H](O)C(=O)NCCC(=O)NCCSC(=O)CCCCCNC(=O)CCCC[C@@H]1SC[C@@H]2NC(=O)N[C@@H]21. The summed E-state index contributed by atoms with van der Waals surface area (Å²) in [6.45, 7) is 0.922. The van der Waals surface area contributed by atoms with Gasteiger partial charge in [0.1, 0.15) is 36.3 Å². The van der Waals surface area contributed by atoms with Gasteiger partial charge in [-0.1, -0.05) is 38.5 Å². The van der Waals surface area contributed by atoms with Crippen molar-refractivity contribution >= 4 is 92.8 Å². The molecule has 0 saturated carbocycles. The lowest BCUT2D eigenvalue weighted by Crippen LogP contribution is -2.46. The Balaban J connectivity index is 0.903. The van der Waals surface area contributed by atoms with Crippen molar-refractivity contribution in [3.8, 4) is 0 Å². The van der Waals surface area contributed by atoms with Crippen LogP contribution in [0.1, 0.15) is 77.9 Å². The van der Waals surface area contributed by atoms with Crippen LogP contribution in [0.25, 0.3) is 11.2 Å². The van der Waals surface area contributed by atoms with Gasteiger partial charge in [-0.2, -0.15) is 16.1 Å². The maximum atomic E-state index is 12.7. The van der Waals surface area contributed by atoms with Crippen molar-refractivity contribution in [3.63, 3.8) is 0 Å².